The minimum atomic E-state index is -3.29. The maximum atomic E-state index is 5.04. The first-order valence-electron chi connectivity index (χ1n) is 0.756. The smallest absolute Gasteiger partial charge is 0 e. The zero-order valence-electron chi connectivity index (χ0n) is 2.33. The van der Waals surface area contributed by atoms with E-state index in [1.807, 2.05) is 0 Å². The van der Waals surface area contributed by atoms with Gasteiger partial charge in [0.15, 0.2) is 0 Å². The Hall–Kier alpha value is 2.45. The molecule has 0 aromatic heterocycles. The van der Waals surface area contributed by atoms with Crippen LogP contribution < -0.4 is 0 Å². The predicted octanol–water partition coefficient (Wildman–Crippen LogP) is 2.37. The van der Waals surface area contributed by atoms with Crippen LogP contribution >= 0.6 is 35.7 Å². The minimum Gasteiger partial charge on any atom is 0 e. The second-order valence-electron chi connectivity index (χ2n) is 0.429. The molecular formula is Cl4NiSn. The van der Waals surface area contributed by atoms with Crippen molar-refractivity contribution >= 4 is 49.6 Å². The summed E-state index contributed by atoms with van der Waals surface area (Å²) in [5.41, 5.74) is 0. The largest absolute Gasteiger partial charge is 0 e. The van der Waals surface area contributed by atoms with Crippen LogP contribution in [0.1, 0.15) is 0 Å². The first-order chi connectivity index (χ1) is 2.00. The molecule has 0 unspecified atom stereocenters. The number of hydrogen-bond donors (Lipinski definition) is 0. The van der Waals surface area contributed by atoms with Crippen LogP contribution in [-0.2, 0) is 16.5 Å². The Morgan fingerprint density at radius 1 is 0.833 bits per heavy atom. The van der Waals surface area contributed by atoms with Crippen LogP contribution in [0.2, 0.25) is 0 Å². The average molecular weight is 319 g/mol. The molecule has 0 fully saturated rings. The molecule has 0 spiro atoms. The molecule has 0 heterocycles. The number of hydrogen-bond acceptors (Lipinski definition) is 0. The first-order valence-corrected chi connectivity index (χ1v) is 15.2. The molecule has 0 atom stereocenters. The molecule has 0 N–H and O–H groups in total. The van der Waals surface area contributed by atoms with E-state index in [4.69, 9.17) is 35.7 Å². The normalized spacial score (nSPS) is 10.0. The predicted molar refractivity (Wildman–Crippen MR) is 29.2 cm³/mol. The van der Waals surface area contributed by atoms with Crippen molar-refractivity contribution in [2.45, 2.75) is 0 Å². The Morgan fingerprint density at radius 2 is 0.833 bits per heavy atom. The quantitative estimate of drug-likeness (QED) is 0.602. The SMILES string of the molecule is [Cl][Sn]([Cl])([Cl])[Cl].[Ni]. The maximum Gasteiger partial charge on any atom is 0 e. The molecule has 0 aliphatic heterocycles. The molecule has 6 heteroatoms. The van der Waals surface area contributed by atoms with Crippen LogP contribution in [-0.4, -0.2) is 13.9 Å². The van der Waals surface area contributed by atoms with E-state index >= 15 is 0 Å². The number of rotatable bonds is 0. The summed E-state index contributed by atoms with van der Waals surface area (Å²) in [6.07, 6.45) is 0. The van der Waals surface area contributed by atoms with Crippen LogP contribution in [0.3, 0.4) is 0 Å². The molecule has 0 rings (SSSR count). The van der Waals surface area contributed by atoms with E-state index in [9.17, 15) is 0 Å². The van der Waals surface area contributed by atoms with Crippen molar-refractivity contribution in [3.8, 4) is 0 Å². The van der Waals surface area contributed by atoms with Crippen LogP contribution in [0.15, 0.2) is 0 Å². The van der Waals surface area contributed by atoms with E-state index in [1.165, 1.54) is 0 Å². The van der Waals surface area contributed by atoms with Crippen molar-refractivity contribution in [2.75, 3.05) is 0 Å². The van der Waals surface area contributed by atoms with Gasteiger partial charge in [-0.05, 0) is 0 Å². The Bertz CT molecular complexity index is 23.0. The molecule has 0 nitrogen and oxygen atoms in total. The van der Waals surface area contributed by atoms with Crippen molar-refractivity contribution in [1.29, 1.82) is 0 Å². The van der Waals surface area contributed by atoms with Gasteiger partial charge >= 0.3 is 49.6 Å². The van der Waals surface area contributed by atoms with Gasteiger partial charge in [0.05, 0.1) is 0 Å². The molecule has 0 saturated heterocycles. The Balaban J connectivity index is 0. The molecule has 0 bridgehead atoms. The standard InChI is InChI=1S/4ClH.Ni.Sn/h4*1H;;/q;;;;;+4/p-4. The van der Waals surface area contributed by atoms with Gasteiger partial charge in [0.25, 0.3) is 0 Å². The van der Waals surface area contributed by atoms with Crippen LogP contribution in [0.4, 0.5) is 0 Å². The fourth-order valence-electron chi connectivity index (χ4n) is 0. The summed E-state index contributed by atoms with van der Waals surface area (Å²) in [5, 5.41) is 0. The summed E-state index contributed by atoms with van der Waals surface area (Å²) in [6, 6.07) is 0. The third-order valence-electron chi connectivity index (χ3n) is 0. The van der Waals surface area contributed by atoms with Gasteiger partial charge in [-0.2, -0.15) is 0 Å². The van der Waals surface area contributed by atoms with E-state index in [1.54, 1.807) is 0 Å². The average Bonchev–Trinajstić information content (AvgIpc) is 0.722. The van der Waals surface area contributed by atoms with Crippen molar-refractivity contribution in [1.82, 2.24) is 0 Å². The molecular weight excluding hydrogens is 319 g/mol. The molecule has 0 aromatic carbocycles. The van der Waals surface area contributed by atoms with Crippen LogP contribution in [0, 0.1) is 0 Å². The topological polar surface area (TPSA) is 0 Å². The van der Waals surface area contributed by atoms with Gasteiger partial charge in [-0.1, -0.05) is 0 Å². The van der Waals surface area contributed by atoms with E-state index in [2.05, 4.69) is 0 Å². The van der Waals surface area contributed by atoms with Gasteiger partial charge in [-0.15, -0.1) is 0 Å². The van der Waals surface area contributed by atoms with E-state index in [-0.39, 0.29) is 16.5 Å². The summed E-state index contributed by atoms with van der Waals surface area (Å²) in [6.45, 7) is 0. The third-order valence-corrected chi connectivity index (χ3v) is 0. The number of halogens is 4. The monoisotopic (exact) mass is 318 g/mol. The van der Waals surface area contributed by atoms with Crippen LogP contribution in [0.5, 0.6) is 0 Å². The van der Waals surface area contributed by atoms with Crippen molar-refractivity contribution in [3.63, 3.8) is 0 Å². The van der Waals surface area contributed by atoms with Gasteiger partial charge in [0, 0.05) is 16.5 Å². The summed E-state index contributed by atoms with van der Waals surface area (Å²) < 4.78 is 0. The second kappa shape index (κ2) is 4.34. The molecule has 0 saturated carbocycles. The van der Waals surface area contributed by atoms with Gasteiger partial charge in [0.1, 0.15) is 0 Å². The molecule has 6 heavy (non-hydrogen) atoms. The van der Waals surface area contributed by atoms with Crippen molar-refractivity contribution in [3.05, 3.63) is 0 Å². The Labute approximate surface area is 65.1 Å². The Morgan fingerprint density at radius 3 is 0.833 bits per heavy atom. The first kappa shape index (κ1) is 11.3. The fourth-order valence-corrected chi connectivity index (χ4v) is 0. The zero-order valence-corrected chi connectivity index (χ0v) is 9.19. The second-order valence-corrected chi connectivity index (χ2v) is 25.9. The summed E-state index contributed by atoms with van der Waals surface area (Å²) >= 11 is -3.29. The van der Waals surface area contributed by atoms with Crippen molar-refractivity contribution in [2.24, 2.45) is 0 Å². The van der Waals surface area contributed by atoms with E-state index in [0.717, 1.165) is 0 Å². The van der Waals surface area contributed by atoms with Gasteiger partial charge in [-0.3, -0.25) is 0 Å². The zero-order chi connectivity index (χ0) is 4.50. The molecule has 0 aliphatic carbocycles. The third kappa shape index (κ3) is 31.9. The molecule has 0 aliphatic rings. The summed E-state index contributed by atoms with van der Waals surface area (Å²) in [5.74, 6) is 0. The van der Waals surface area contributed by atoms with Crippen molar-refractivity contribution < 1.29 is 16.5 Å². The molecule has 0 aromatic rings. The summed E-state index contributed by atoms with van der Waals surface area (Å²) in [7, 11) is 20.1. The van der Waals surface area contributed by atoms with Gasteiger partial charge in [-0.25, -0.2) is 0 Å². The van der Waals surface area contributed by atoms with Gasteiger partial charge < -0.3 is 0 Å². The molecule has 42 valence electrons. The Kier molecular flexibility index (Phi) is 8.16. The molecule has 0 radical (unpaired) electrons. The minimum absolute atomic E-state index is 0. The van der Waals surface area contributed by atoms with E-state index in [0.29, 0.717) is 0 Å². The maximum absolute atomic E-state index is 5.04. The fraction of sp³-hybridized carbons (Fsp3) is 0. The molecule has 0 amide bonds. The van der Waals surface area contributed by atoms with Gasteiger partial charge in [0.2, 0.25) is 0 Å². The van der Waals surface area contributed by atoms with E-state index < -0.39 is 13.9 Å². The van der Waals surface area contributed by atoms with Crippen LogP contribution in [0.25, 0.3) is 0 Å². The summed E-state index contributed by atoms with van der Waals surface area (Å²) in [4.78, 5) is 0.